The molecule has 0 aliphatic heterocycles. The van der Waals surface area contributed by atoms with Crippen LogP contribution in [0.5, 0.6) is 0 Å². The zero-order chi connectivity index (χ0) is 13.0. The first-order valence-corrected chi connectivity index (χ1v) is 6.35. The summed E-state index contributed by atoms with van der Waals surface area (Å²) in [6.45, 7) is 1.55. The van der Waals surface area contributed by atoms with Crippen molar-refractivity contribution in [2.24, 2.45) is 5.11 Å². The Morgan fingerprint density at radius 3 is 2.78 bits per heavy atom. The van der Waals surface area contributed by atoms with Crippen LogP contribution in [-0.4, -0.2) is 5.78 Å². The molecular formula is C13H11N3OS. The molecule has 0 aliphatic rings. The monoisotopic (exact) mass is 257 g/mol. The summed E-state index contributed by atoms with van der Waals surface area (Å²) in [4.78, 5) is 14.7. The molecule has 1 unspecified atom stereocenters. The van der Waals surface area contributed by atoms with Crippen molar-refractivity contribution in [1.29, 1.82) is 0 Å². The molecule has 1 aromatic carbocycles. The van der Waals surface area contributed by atoms with Crippen molar-refractivity contribution in [3.8, 4) is 0 Å². The number of nitrogens with zero attached hydrogens (tertiary/aromatic N) is 3. The van der Waals surface area contributed by atoms with Gasteiger partial charge in [0.15, 0.2) is 0 Å². The summed E-state index contributed by atoms with van der Waals surface area (Å²) >= 11 is 1.54. The second-order valence-electron chi connectivity index (χ2n) is 3.85. The van der Waals surface area contributed by atoms with Gasteiger partial charge in [0.1, 0.15) is 5.78 Å². The van der Waals surface area contributed by atoms with E-state index in [0.717, 1.165) is 11.1 Å². The van der Waals surface area contributed by atoms with Crippen LogP contribution >= 0.6 is 11.3 Å². The summed E-state index contributed by atoms with van der Waals surface area (Å²) in [7, 11) is 0. The lowest BCUT2D eigenvalue weighted by Crippen LogP contribution is -2.09. The average molecular weight is 257 g/mol. The number of azide groups is 1. The smallest absolute Gasteiger partial charge is 0.141 e. The Kier molecular flexibility index (Phi) is 3.77. The maximum Gasteiger partial charge on any atom is 0.141 e. The van der Waals surface area contributed by atoms with E-state index in [-0.39, 0.29) is 11.7 Å². The number of rotatable bonds is 4. The van der Waals surface area contributed by atoms with Crippen LogP contribution < -0.4 is 0 Å². The Hall–Kier alpha value is -2.10. The summed E-state index contributed by atoms with van der Waals surface area (Å²) < 4.78 is 0. The number of benzene rings is 1. The SMILES string of the molecule is CC(=O)C(c1ccsc1)c1ccccc1N=[N+]=[N-]. The molecule has 1 aromatic heterocycles. The van der Waals surface area contributed by atoms with Gasteiger partial charge in [-0.1, -0.05) is 29.4 Å². The molecule has 1 atom stereocenters. The molecule has 0 N–H and O–H groups in total. The van der Waals surface area contributed by atoms with Gasteiger partial charge in [0.05, 0.1) is 5.92 Å². The summed E-state index contributed by atoms with van der Waals surface area (Å²) in [6.07, 6.45) is 0. The van der Waals surface area contributed by atoms with Crippen molar-refractivity contribution < 1.29 is 4.79 Å². The van der Waals surface area contributed by atoms with Crippen molar-refractivity contribution >= 4 is 22.8 Å². The number of ketones is 1. The van der Waals surface area contributed by atoms with Gasteiger partial charge >= 0.3 is 0 Å². The number of carbonyl (C=O) groups excluding carboxylic acids is 1. The lowest BCUT2D eigenvalue weighted by molar-refractivity contribution is -0.117. The number of carbonyl (C=O) groups is 1. The third-order valence-corrected chi connectivity index (χ3v) is 3.38. The first-order valence-electron chi connectivity index (χ1n) is 5.40. The third kappa shape index (κ3) is 2.42. The van der Waals surface area contributed by atoms with Crippen LogP contribution in [0.2, 0.25) is 0 Å². The lowest BCUT2D eigenvalue weighted by Gasteiger charge is -2.15. The van der Waals surface area contributed by atoms with Gasteiger partial charge in [-0.15, -0.1) is 0 Å². The quantitative estimate of drug-likeness (QED) is 0.454. The zero-order valence-corrected chi connectivity index (χ0v) is 10.6. The first kappa shape index (κ1) is 12.4. The highest BCUT2D eigenvalue weighted by atomic mass is 32.1. The van der Waals surface area contributed by atoms with Crippen LogP contribution in [0.15, 0.2) is 46.2 Å². The molecule has 0 radical (unpaired) electrons. The lowest BCUT2D eigenvalue weighted by atomic mass is 9.89. The maximum atomic E-state index is 11.9. The van der Waals surface area contributed by atoms with Crippen LogP contribution in [0.3, 0.4) is 0 Å². The molecule has 4 nitrogen and oxygen atoms in total. The molecule has 1 heterocycles. The molecule has 2 aromatic rings. The Morgan fingerprint density at radius 1 is 1.39 bits per heavy atom. The van der Waals surface area contributed by atoms with Crippen LogP contribution in [-0.2, 0) is 4.79 Å². The van der Waals surface area contributed by atoms with Crippen molar-refractivity contribution in [2.45, 2.75) is 12.8 Å². The minimum Gasteiger partial charge on any atom is -0.299 e. The van der Waals surface area contributed by atoms with Crippen molar-refractivity contribution in [3.05, 3.63) is 62.7 Å². The summed E-state index contributed by atoms with van der Waals surface area (Å²) in [5, 5.41) is 7.53. The maximum absolute atomic E-state index is 11.9. The van der Waals surface area contributed by atoms with E-state index in [1.807, 2.05) is 29.0 Å². The Balaban J connectivity index is 2.56. The van der Waals surface area contributed by atoms with E-state index >= 15 is 0 Å². The van der Waals surface area contributed by atoms with Crippen molar-refractivity contribution in [2.75, 3.05) is 0 Å². The number of hydrogen-bond acceptors (Lipinski definition) is 3. The molecule has 2 rings (SSSR count). The van der Waals surface area contributed by atoms with Crippen LogP contribution in [0.25, 0.3) is 10.4 Å². The van der Waals surface area contributed by atoms with Gasteiger partial charge in [-0.3, -0.25) is 4.79 Å². The highest BCUT2D eigenvalue weighted by molar-refractivity contribution is 7.08. The summed E-state index contributed by atoms with van der Waals surface area (Å²) in [5.74, 6) is -0.327. The summed E-state index contributed by atoms with van der Waals surface area (Å²) in [5.41, 5.74) is 10.8. The van der Waals surface area contributed by atoms with Crippen molar-refractivity contribution in [1.82, 2.24) is 0 Å². The van der Waals surface area contributed by atoms with E-state index < -0.39 is 0 Å². The van der Waals surface area contributed by atoms with Crippen molar-refractivity contribution in [3.63, 3.8) is 0 Å². The van der Waals surface area contributed by atoms with E-state index in [1.54, 1.807) is 30.4 Å². The molecule has 0 bridgehead atoms. The molecular weight excluding hydrogens is 246 g/mol. The number of Topliss-reactive ketones (excluding diaryl/α,β-unsaturated/α-hetero) is 1. The van der Waals surface area contributed by atoms with Gasteiger partial charge in [-0.25, -0.2) is 0 Å². The van der Waals surface area contributed by atoms with Crippen LogP contribution in [0.1, 0.15) is 24.0 Å². The Labute approximate surface area is 109 Å². The predicted molar refractivity (Wildman–Crippen MR) is 72.1 cm³/mol. The molecule has 5 heteroatoms. The molecule has 0 saturated carbocycles. The molecule has 0 amide bonds. The third-order valence-electron chi connectivity index (χ3n) is 2.68. The minimum absolute atomic E-state index is 0.0361. The largest absolute Gasteiger partial charge is 0.299 e. The molecule has 0 aliphatic carbocycles. The molecule has 90 valence electrons. The fourth-order valence-electron chi connectivity index (χ4n) is 1.94. The van der Waals surface area contributed by atoms with Crippen LogP contribution in [0.4, 0.5) is 5.69 Å². The molecule has 0 saturated heterocycles. The van der Waals surface area contributed by atoms with E-state index in [2.05, 4.69) is 10.0 Å². The van der Waals surface area contributed by atoms with E-state index in [1.165, 1.54) is 0 Å². The highest BCUT2D eigenvalue weighted by Crippen LogP contribution is 2.33. The van der Waals surface area contributed by atoms with E-state index in [9.17, 15) is 4.79 Å². The zero-order valence-electron chi connectivity index (χ0n) is 9.78. The molecule has 0 spiro atoms. The Morgan fingerprint density at radius 2 is 2.17 bits per heavy atom. The summed E-state index contributed by atoms with van der Waals surface area (Å²) in [6, 6.07) is 9.10. The second-order valence-corrected chi connectivity index (χ2v) is 4.63. The molecule has 18 heavy (non-hydrogen) atoms. The first-order chi connectivity index (χ1) is 8.74. The second kappa shape index (κ2) is 5.49. The van der Waals surface area contributed by atoms with Crippen LogP contribution in [0, 0.1) is 0 Å². The fraction of sp³-hybridized carbons (Fsp3) is 0.154. The number of hydrogen-bond donors (Lipinski definition) is 0. The van der Waals surface area contributed by atoms with Gasteiger partial charge in [-0.05, 0) is 40.4 Å². The molecule has 0 fully saturated rings. The standard InChI is InChI=1S/C13H11N3OS/c1-9(17)13(10-6-7-18-8-10)11-4-2-3-5-12(11)15-16-14/h2-8,13H,1H3. The van der Waals surface area contributed by atoms with Gasteiger partial charge in [-0.2, -0.15) is 11.3 Å². The predicted octanol–water partition coefficient (Wildman–Crippen LogP) is 4.41. The van der Waals surface area contributed by atoms with E-state index in [0.29, 0.717) is 5.69 Å². The fourth-order valence-corrected chi connectivity index (χ4v) is 2.63. The minimum atomic E-state index is -0.363. The average Bonchev–Trinajstić information content (AvgIpc) is 2.85. The topological polar surface area (TPSA) is 65.8 Å². The Bertz CT molecular complexity index is 600. The van der Waals surface area contributed by atoms with Gasteiger partial charge in [0.2, 0.25) is 0 Å². The highest BCUT2D eigenvalue weighted by Gasteiger charge is 2.21. The van der Waals surface area contributed by atoms with Gasteiger partial charge in [0.25, 0.3) is 0 Å². The van der Waals surface area contributed by atoms with Gasteiger partial charge in [0, 0.05) is 10.6 Å². The number of thiophene rings is 1. The normalized spacial score (nSPS) is 11.6. The van der Waals surface area contributed by atoms with Gasteiger partial charge < -0.3 is 0 Å². The van der Waals surface area contributed by atoms with E-state index in [4.69, 9.17) is 5.53 Å².